The van der Waals surface area contributed by atoms with Crippen molar-refractivity contribution in [2.24, 2.45) is 40.4 Å². The predicted molar refractivity (Wildman–Crippen MR) is 104 cm³/mol. The first-order chi connectivity index (χ1) is 12.4. The fourth-order valence-corrected chi connectivity index (χ4v) is 8.29. The molecule has 0 aliphatic heterocycles. The second kappa shape index (κ2) is 7.04. The summed E-state index contributed by atoms with van der Waals surface area (Å²) in [6.45, 7) is 5.33. The Labute approximate surface area is 159 Å². The number of fused-ring (bicyclic) bond motifs is 5. The second-order valence-electron chi connectivity index (χ2n) is 10.8. The molecule has 3 N–H and O–H groups in total. The number of aliphatic hydroxyl groups is 3. The summed E-state index contributed by atoms with van der Waals surface area (Å²) in [5, 5.41) is 30.5. The topological polar surface area (TPSA) is 60.7 Å². The SMILES string of the molecule is C[C@]12CCC3C(C1CC[C@@H]2CCCCO)[C@@H](O)C[C@@H]1C[C@H](O)CC[C@]31C. The van der Waals surface area contributed by atoms with Gasteiger partial charge in [-0.1, -0.05) is 20.3 Å². The van der Waals surface area contributed by atoms with Crippen LogP contribution in [-0.2, 0) is 0 Å². The molecule has 4 fully saturated rings. The lowest BCUT2D eigenvalue weighted by Gasteiger charge is -2.62. The van der Waals surface area contributed by atoms with Crippen molar-refractivity contribution in [2.75, 3.05) is 6.61 Å². The monoisotopic (exact) mass is 364 g/mol. The third kappa shape index (κ3) is 2.88. The van der Waals surface area contributed by atoms with Gasteiger partial charge in [-0.3, -0.25) is 0 Å². The van der Waals surface area contributed by atoms with Gasteiger partial charge in [0.2, 0.25) is 0 Å². The summed E-state index contributed by atoms with van der Waals surface area (Å²) in [5.41, 5.74) is 0.731. The maximum Gasteiger partial charge on any atom is 0.0577 e. The Morgan fingerprint density at radius 2 is 1.58 bits per heavy atom. The molecule has 4 saturated carbocycles. The van der Waals surface area contributed by atoms with Crippen LogP contribution in [0.5, 0.6) is 0 Å². The molecular formula is C23H40O3. The molecule has 4 aliphatic rings. The van der Waals surface area contributed by atoms with Crippen molar-refractivity contribution in [1.82, 2.24) is 0 Å². The van der Waals surface area contributed by atoms with Gasteiger partial charge in [-0.25, -0.2) is 0 Å². The third-order valence-corrected chi connectivity index (χ3v) is 9.81. The summed E-state index contributed by atoms with van der Waals surface area (Å²) >= 11 is 0. The van der Waals surface area contributed by atoms with Crippen LogP contribution in [0.2, 0.25) is 0 Å². The van der Waals surface area contributed by atoms with Crippen LogP contribution >= 0.6 is 0 Å². The summed E-state index contributed by atoms with van der Waals surface area (Å²) in [5.74, 6) is 3.10. The van der Waals surface area contributed by atoms with Crippen molar-refractivity contribution in [3.05, 3.63) is 0 Å². The molecule has 9 atom stereocenters. The van der Waals surface area contributed by atoms with Gasteiger partial charge in [-0.15, -0.1) is 0 Å². The Morgan fingerprint density at radius 3 is 2.35 bits per heavy atom. The van der Waals surface area contributed by atoms with E-state index in [4.69, 9.17) is 5.11 Å². The normalized spacial score (nSPS) is 53.7. The fourth-order valence-electron chi connectivity index (χ4n) is 8.29. The molecule has 4 rings (SSSR count). The van der Waals surface area contributed by atoms with Gasteiger partial charge in [-0.05, 0) is 105 Å². The van der Waals surface area contributed by atoms with Gasteiger partial charge in [0.1, 0.15) is 0 Å². The minimum Gasteiger partial charge on any atom is -0.396 e. The van der Waals surface area contributed by atoms with Crippen molar-refractivity contribution in [3.8, 4) is 0 Å². The third-order valence-electron chi connectivity index (χ3n) is 9.81. The standard InChI is InChI=1S/C23H40O3/c1-22-11-9-19-21(18(22)7-6-15(22)5-3-4-12-24)20(26)14-16-13-17(25)8-10-23(16,19)2/h15-21,24-26H,3-14H2,1-2H3/t15-,16-,17+,18?,19?,20-,21?,22+,23-/m0/s1. The van der Waals surface area contributed by atoms with E-state index < -0.39 is 0 Å². The molecule has 150 valence electrons. The number of unbranched alkanes of at least 4 members (excludes halogenated alkanes) is 1. The molecule has 0 saturated heterocycles. The van der Waals surface area contributed by atoms with Gasteiger partial charge in [0.25, 0.3) is 0 Å². The molecule has 0 radical (unpaired) electrons. The number of hydrogen-bond acceptors (Lipinski definition) is 3. The molecule has 0 aromatic rings. The minimum absolute atomic E-state index is 0.145. The van der Waals surface area contributed by atoms with Gasteiger partial charge in [0, 0.05) is 6.61 Å². The molecule has 0 spiro atoms. The minimum atomic E-state index is -0.163. The number of hydrogen-bond donors (Lipinski definition) is 3. The zero-order valence-electron chi connectivity index (χ0n) is 16.9. The highest BCUT2D eigenvalue weighted by Gasteiger charge is 2.62. The Balaban J connectivity index is 1.55. The Morgan fingerprint density at radius 1 is 0.846 bits per heavy atom. The lowest BCUT2D eigenvalue weighted by molar-refractivity contribution is -0.172. The van der Waals surface area contributed by atoms with Crippen LogP contribution in [-0.4, -0.2) is 34.1 Å². The van der Waals surface area contributed by atoms with Crippen LogP contribution in [0.15, 0.2) is 0 Å². The Hall–Kier alpha value is -0.120. The van der Waals surface area contributed by atoms with E-state index in [0.717, 1.165) is 44.4 Å². The van der Waals surface area contributed by atoms with Crippen LogP contribution in [0.1, 0.15) is 84.5 Å². The highest BCUT2D eigenvalue weighted by Crippen LogP contribution is 2.67. The van der Waals surface area contributed by atoms with Crippen molar-refractivity contribution < 1.29 is 15.3 Å². The van der Waals surface area contributed by atoms with Gasteiger partial charge in [0.05, 0.1) is 12.2 Å². The van der Waals surface area contributed by atoms with E-state index in [2.05, 4.69) is 13.8 Å². The molecular weight excluding hydrogens is 324 g/mol. The van der Waals surface area contributed by atoms with E-state index in [9.17, 15) is 10.2 Å². The van der Waals surface area contributed by atoms with Crippen molar-refractivity contribution in [1.29, 1.82) is 0 Å². The molecule has 0 bridgehead atoms. The first kappa shape index (κ1) is 19.2. The lowest BCUT2D eigenvalue weighted by Crippen LogP contribution is -2.58. The zero-order valence-corrected chi connectivity index (χ0v) is 16.9. The highest BCUT2D eigenvalue weighted by molar-refractivity contribution is 5.11. The molecule has 4 aliphatic carbocycles. The van der Waals surface area contributed by atoms with Gasteiger partial charge in [-0.2, -0.15) is 0 Å². The van der Waals surface area contributed by atoms with Gasteiger partial charge < -0.3 is 15.3 Å². The summed E-state index contributed by atoms with van der Waals surface area (Å²) in [6, 6.07) is 0. The predicted octanol–water partition coefficient (Wildman–Crippen LogP) is 4.14. The highest BCUT2D eigenvalue weighted by atomic mass is 16.3. The van der Waals surface area contributed by atoms with Crippen molar-refractivity contribution in [3.63, 3.8) is 0 Å². The van der Waals surface area contributed by atoms with E-state index >= 15 is 0 Å². The smallest absolute Gasteiger partial charge is 0.0577 e. The molecule has 0 heterocycles. The number of aliphatic hydroxyl groups excluding tert-OH is 3. The molecule has 26 heavy (non-hydrogen) atoms. The van der Waals surface area contributed by atoms with E-state index in [1.165, 1.54) is 32.1 Å². The van der Waals surface area contributed by atoms with E-state index in [1.807, 2.05) is 0 Å². The number of rotatable bonds is 4. The van der Waals surface area contributed by atoms with Gasteiger partial charge in [0.15, 0.2) is 0 Å². The molecule has 0 aromatic heterocycles. The maximum absolute atomic E-state index is 11.2. The summed E-state index contributed by atoms with van der Waals surface area (Å²) < 4.78 is 0. The van der Waals surface area contributed by atoms with Gasteiger partial charge >= 0.3 is 0 Å². The maximum atomic E-state index is 11.2. The summed E-state index contributed by atoms with van der Waals surface area (Å²) in [4.78, 5) is 0. The molecule has 0 amide bonds. The second-order valence-corrected chi connectivity index (χ2v) is 10.8. The van der Waals surface area contributed by atoms with E-state index in [0.29, 0.717) is 41.1 Å². The first-order valence-corrected chi connectivity index (χ1v) is 11.4. The quantitative estimate of drug-likeness (QED) is 0.657. The molecule has 3 heteroatoms. The Bertz CT molecular complexity index is 508. The van der Waals surface area contributed by atoms with Crippen LogP contribution in [0.4, 0.5) is 0 Å². The molecule has 3 nitrogen and oxygen atoms in total. The lowest BCUT2D eigenvalue weighted by atomic mass is 9.44. The van der Waals surface area contributed by atoms with Crippen LogP contribution in [0.25, 0.3) is 0 Å². The molecule has 3 unspecified atom stereocenters. The average Bonchev–Trinajstić information content (AvgIpc) is 2.93. The zero-order chi connectivity index (χ0) is 18.5. The van der Waals surface area contributed by atoms with Crippen LogP contribution in [0.3, 0.4) is 0 Å². The average molecular weight is 365 g/mol. The van der Waals surface area contributed by atoms with Crippen molar-refractivity contribution in [2.45, 2.75) is 96.7 Å². The summed E-state index contributed by atoms with van der Waals surface area (Å²) in [7, 11) is 0. The van der Waals surface area contributed by atoms with Crippen LogP contribution < -0.4 is 0 Å². The molecule has 0 aromatic carbocycles. The van der Waals surface area contributed by atoms with E-state index in [1.54, 1.807) is 0 Å². The largest absolute Gasteiger partial charge is 0.396 e. The van der Waals surface area contributed by atoms with E-state index in [-0.39, 0.29) is 12.2 Å². The van der Waals surface area contributed by atoms with Crippen LogP contribution in [0, 0.1) is 40.4 Å². The summed E-state index contributed by atoms with van der Waals surface area (Å²) in [6.07, 6.45) is 12.2. The van der Waals surface area contributed by atoms with Crippen molar-refractivity contribution >= 4 is 0 Å². The first-order valence-electron chi connectivity index (χ1n) is 11.4. The fraction of sp³-hybridized carbons (Fsp3) is 1.00. The Kier molecular flexibility index (Phi) is 5.20.